The SMILES string of the molecule is Cc1nn([C@H]2CCS(=O)(=O)C2)c(C)c1CN(C)C(=O)c1ccc(C(F)(F)F)cc1. The van der Waals surface area contributed by atoms with Crippen LogP contribution in [0.1, 0.15) is 45.3 Å². The second kappa shape index (κ2) is 7.47. The Morgan fingerprint density at radius 3 is 2.38 bits per heavy atom. The van der Waals surface area contributed by atoms with Crippen LogP contribution in [0.25, 0.3) is 0 Å². The summed E-state index contributed by atoms with van der Waals surface area (Å²) in [6.45, 7) is 3.84. The maximum atomic E-state index is 12.7. The topological polar surface area (TPSA) is 72.3 Å². The minimum atomic E-state index is -4.45. The van der Waals surface area contributed by atoms with Crippen molar-refractivity contribution >= 4 is 15.7 Å². The molecule has 1 aromatic carbocycles. The van der Waals surface area contributed by atoms with Gasteiger partial charge in [-0.3, -0.25) is 9.48 Å². The summed E-state index contributed by atoms with van der Waals surface area (Å²) >= 11 is 0. The number of aromatic nitrogens is 2. The summed E-state index contributed by atoms with van der Waals surface area (Å²) in [5.41, 5.74) is 1.63. The number of hydrogen-bond acceptors (Lipinski definition) is 4. The number of amides is 1. The monoisotopic (exact) mass is 429 g/mol. The molecule has 1 aliphatic heterocycles. The van der Waals surface area contributed by atoms with Crippen molar-refractivity contribution in [1.82, 2.24) is 14.7 Å². The van der Waals surface area contributed by atoms with Gasteiger partial charge in [-0.25, -0.2) is 8.42 Å². The molecule has 1 aromatic heterocycles. The summed E-state index contributed by atoms with van der Waals surface area (Å²) in [7, 11) is -1.49. The van der Waals surface area contributed by atoms with E-state index in [1.165, 1.54) is 4.90 Å². The maximum Gasteiger partial charge on any atom is 0.416 e. The highest BCUT2D eigenvalue weighted by atomic mass is 32.2. The molecule has 0 N–H and O–H groups in total. The van der Waals surface area contributed by atoms with Crippen LogP contribution < -0.4 is 0 Å². The second-order valence-corrected chi connectivity index (χ2v) is 9.62. The molecule has 6 nitrogen and oxygen atoms in total. The van der Waals surface area contributed by atoms with Crippen LogP contribution in [-0.2, 0) is 22.6 Å². The standard InChI is InChI=1S/C19H22F3N3O3S/c1-12-17(13(2)25(23-12)16-8-9-29(27,28)11-16)10-24(3)18(26)14-4-6-15(7-5-14)19(20,21)22/h4-7,16H,8-11H2,1-3H3/t16-/m0/s1. The molecule has 1 aliphatic rings. The van der Waals surface area contributed by atoms with E-state index < -0.39 is 27.5 Å². The molecular formula is C19H22F3N3O3S. The number of benzene rings is 1. The second-order valence-electron chi connectivity index (χ2n) is 7.39. The molecule has 0 radical (unpaired) electrons. The Hall–Kier alpha value is -2.36. The van der Waals surface area contributed by atoms with Crippen LogP contribution in [-0.4, -0.2) is 47.6 Å². The molecule has 1 amide bonds. The Morgan fingerprint density at radius 1 is 1.24 bits per heavy atom. The number of sulfone groups is 1. The van der Waals surface area contributed by atoms with Crippen molar-refractivity contribution in [2.45, 2.75) is 39.0 Å². The average molecular weight is 429 g/mol. The predicted octanol–water partition coefficient (Wildman–Crippen LogP) is 3.15. The van der Waals surface area contributed by atoms with Gasteiger partial charge in [-0.1, -0.05) is 0 Å². The zero-order valence-corrected chi connectivity index (χ0v) is 17.1. The largest absolute Gasteiger partial charge is 0.416 e. The summed E-state index contributed by atoms with van der Waals surface area (Å²) in [4.78, 5) is 14.0. The van der Waals surface area contributed by atoms with E-state index in [0.29, 0.717) is 12.1 Å². The number of hydrogen-bond donors (Lipinski definition) is 0. The molecule has 0 bridgehead atoms. The maximum absolute atomic E-state index is 12.7. The van der Waals surface area contributed by atoms with E-state index in [2.05, 4.69) is 5.10 Å². The third-order valence-corrected chi connectivity index (χ3v) is 6.98. The molecule has 10 heteroatoms. The third kappa shape index (κ3) is 4.47. The summed E-state index contributed by atoms with van der Waals surface area (Å²) in [5, 5.41) is 4.47. The van der Waals surface area contributed by atoms with E-state index in [1.54, 1.807) is 18.7 Å². The van der Waals surface area contributed by atoms with Crippen LogP contribution in [0.3, 0.4) is 0 Å². The van der Waals surface area contributed by atoms with Crippen LogP contribution in [0.4, 0.5) is 13.2 Å². The molecule has 1 fully saturated rings. The zero-order valence-electron chi connectivity index (χ0n) is 16.3. The Morgan fingerprint density at radius 2 is 1.86 bits per heavy atom. The first-order chi connectivity index (χ1) is 13.4. The van der Waals surface area contributed by atoms with Crippen LogP contribution in [0.15, 0.2) is 24.3 Å². The fraction of sp³-hybridized carbons (Fsp3) is 0.474. The smallest absolute Gasteiger partial charge is 0.337 e. The van der Waals surface area contributed by atoms with Crippen molar-refractivity contribution < 1.29 is 26.4 Å². The van der Waals surface area contributed by atoms with Crippen LogP contribution in [0, 0.1) is 13.8 Å². The number of halogens is 3. The van der Waals surface area contributed by atoms with E-state index in [0.717, 1.165) is 35.5 Å². The highest BCUT2D eigenvalue weighted by Crippen LogP contribution is 2.30. The first-order valence-corrected chi connectivity index (χ1v) is 10.9. The van der Waals surface area contributed by atoms with Gasteiger partial charge in [-0.05, 0) is 44.5 Å². The van der Waals surface area contributed by atoms with Crippen LogP contribution >= 0.6 is 0 Å². The Balaban J connectivity index is 1.77. The fourth-order valence-electron chi connectivity index (χ4n) is 3.58. The summed E-state index contributed by atoms with van der Waals surface area (Å²) in [5.74, 6) is -0.222. The number of carbonyl (C=O) groups is 1. The van der Waals surface area contributed by atoms with Gasteiger partial charge in [0.15, 0.2) is 9.84 Å². The molecular weight excluding hydrogens is 407 g/mol. The minimum absolute atomic E-state index is 0.0503. The Bertz CT molecular complexity index is 1030. The van der Waals surface area contributed by atoms with Gasteiger partial charge >= 0.3 is 6.18 Å². The third-order valence-electron chi connectivity index (χ3n) is 5.23. The van der Waals surface area contributed by atoms with Gasteiger partial charge < -0.3 is 4.90 Å². The van der Waals surface area contributed by atoms with Gasteiger partial charge in [-0.2, -0.15) is 18.3 Å². The lowest BCUT2D eigenvalue weighted by Gasteiger charge is -2.18. The van der Waals surface area contributed by atoms with Crippen LogP contribution in [0.2, 0.25) is 0 Å². The van der Waals surface area contributed by atoms with Crippen molar-refractivity contribution in [1.29, 1.82) is 0 Å². The van der Waals surface area contributed by atoms with E-state index >= 15 is 0 Å². The predicted molar refractivity (Wildman–Crippen MR) is 101 cm³/mol. The first-order valence-electron chi connectivity index (χ1n) is 9.07. The van der Waals surface area contributed by atoms with E-state index in [4.69, 9.17) is 0 Å². The normalized spacial score (nSPS) is 18.8. The molecule has 0 aliphatic carbocycles. The minimum Gasteiger partial charge on any atom is -0.337 e. The highest BCUT2D eigenvalue weighted by molar-refractivity contribution is 7.91. The average Bonchev–Trinajstić information content (AvgIpc) is 3.13. The van der Waals surface area contributed by atoms with Gasteiger partial charge in [0.25, 0.3) is 5.91 Å². The molecule has 1 saturated heterocycles. The van der Waals surface area contributed by atoms with E-state index in [1.807, 2.05) is 6.92 Å². The van der Waals surface area contributed by atoms with Crippen molar-refractivity contribution in [2.24, 2.45) is 0 Å². The van der Waals surface area contributed by atoms with Crippen molar-refractivity contribution in [3.8, 4) is 0 Å². The molecule has 158 valence electrons. The number of carbonyl (C=O) groups excluding carboxylic acids is 1. The molecule has 3 rings (SSSR count). The van der Waals surface area contributed by atoms with Crippen LogP contribution in [0.5, 0.6) is 0 Å². The van der Waals surface area contributed by atoms with Gasteiger partial charge in [-0.15, -0.1) is 0 Å². The molecule has 0 unspecified atom stereocenters. The molecule has 0 spiro atoms. The van der Waals surface area contributed by atoms with Gasteiger partial charge in [0, 0.05) is 30.4 Å². The number of nitrogens with zero attached hydrogens (tertiary/aromatic N) is 3. The van der Waals surface area contributed by atoms with Crippen molar-refractivity contribution in [2.75, 3.05) is 18.6 Å². The van der Waals surface area contributed by atoms with E-state index in [-0.39, 0.29) is 29.7 Å². The molecule has 2 aromatic rings. The lowest BCUT2D eigenvalue weighted by atomic mass is 10.1. The lowest BCUT2D eigenvalue weighted by Crippen LogP contribution is -2.27. The number of alkyl halides is 3. The quantitative estimate of drug-likeness (QED) is 0.749. The fourth-order valence-corrected chi connectivity index (χ4v) is 5.27. The molecule has 0 saturated carbocycles. The Labute approximate surface area is 167 Å². The number of rotatable bonds is 4. The van der Waals surface area contributed by atoms with Gasteiger partial charge in [0.1, 0.15) is 0 Å². The zero-order chi connectivity index (χ0) is 21.6. The number of aryl methyl sites for hydroxylation is 1. The summed E-state index contributed by atoms with van der Waals surface area (Å²) in [6.07, 6.45) is -3.95. The van der Waals surface area contributed by atoms with Crippen molar-refractivity contribution in [3.05, 3.63) is 52.3 Å². The summed E-state index contributed by atoms with van der Waals surface area (Å²) in [6, 6.07) is 3.87. The molecule has 29 heavy (non-hydrogen) atoms. The Kier molecular flexibility index (Phi) is 5.50. The molecule has 1 atom stereocenters. The first kappa shape index (κ1) is 21.4. The molecule has 2 heterocycles. The van der Waals surface area contributed by atoms with Gasteiger partial charge in [0.05, 0.1) is 28.8 Å². The summed E-state index contributed by atoms with van der Waals surface area (Å²) < 4.78 is 63.3. The van der Waals surface area contributed by atoms with Gasteiger partial charge in [0.2, 0.25) is 0 Å². The van der Waals surface area contributed by atoms with E-state index in [9.17, 15) is 26.4 Å². The lowest BCUT2D eigenvalue weighted by molar-refractivity contribution is -0.137. The van der Waals surface area contributed by atoms with Crippen molar-refractivity contribution in [3.63, 3.8) is 0 Å². The highest BCUT2D eigenvalue weighted by Gasteiger charge is 2.32.